The van der Waals surface area contributed by atoms with E-state index in [1.807, 2.05) is 30.3 Å². The summed E-state index contributed by atoms with van der Waals surface area (Å²) in [7, 11) is 0. The van der Waals surface area contributed by atoms with E-state index in [1.165, 1.54) is 6.07 Å². The van der Waals surface area contributed by atoms with Crippen LogP contribution in [0, 0.1) is 5.82 Å². The third kappa shape index (κ3) is 5.20. The van der Waals surface area contributed by atoms with Gasteiger partial charge in [-0.1, -0.05) is 42.1 Å². The Balaban J connectivity index is 1.82. The lowest BCUT2D eigenvalue weighted by atomic mass is 10.2. The second kappa shape index (κ2) is 9.83. The lowest BCUT2D eigenvalue weighted by Crippen LogP contribution is -2.37. The van der Waals surface area contributed by atoms with E-state index in [2.05, 4.69) is 20.8 Å². The highest BCUT2D eigenvalue weighted by atomic mass is 32.2. The van der Waals surface area contributed by atoms with Gasteiger partial charge in [0.25, 0.3) is 0 Å². The van der Waals surface area contributed by atoms with Crippen LogP contribution in [0.4, 0.5) is 4.39 Å². The van der Waals surface area contributed by atoms with Crippen molar-refractivity contribution in [3.8, 4) is 17.1 Å². The summed E-state index contributed by atoms with van der Waals surface area (Å²) in [6.45, 7) is 2.22. The van der Waals surface area contributed by atoms with Crippen LogP contribution in [-0.2, 0) is 9.59 Å². The molecule has 29 heavy (non-hydrogen) atoms. The minimum atomic E-state index is -0.409. The molecule has 9 heteroatoms. The molecule has 0 aliphatic rings. The van der Waals surface area contributed by atoms with E-state index in [-0.39, 0.29) is 24.1 Å². The molecule has 2 N–H and O–H groups in total. The molecular weight excluding hydrogens is 393 g/mol. The number of benzene rings is 2. The molecule has 0 unspecified atom stereocenters. The van der Waals surface area contributed by atoms with Crippen LogP contribution in [0.25, 0.3) is 17.1 Å². The maximum atomic E-state index is 14.3. The van der Waals surface area contributed by atoms with E-state index in [1.54, 1.807) is 29.7 Å². The van der Waals surface area contributed by atoms with Crippen LogP contribution in [0.2, 0.25) is 0 Å². The standard InChI is InChI=1S/C20H20FN5O2S/c1-2-22-17(27)12-23-18(28)13-29-20-25-24-19(15-10-6-7-11-16(15)21)26(20)14-8-4-3-5-9-14/h3-11H,2,12-13H2,1H3,(H,22,27)(H,23,28). The van der Waals surface area contributed by atoms with Gasteiger partial charge in [-0.25, -0.2) is 4.39 Å². The third-order valence-electron chi connectivity index (χ3n) is 3.91. The number of hydrogen-bond acceptors (Lipinski definition) is 5. The van der Waals surface area contributed by atoms with Crippen molar-refractivity contribution in [1.29, 1.82) is 0 Å². The highest BCUT2D eigenvalue weighted by Crippen LogP contribution is 2.29. The lowest BCUT2D eigenvalue weighted by Gasteiger charge is -2.11. The SMILES string of the molecule is CCNC(=O)CNC(=O)CSc1nnc(-c2ccccc2F)n1-c1ccccc1. The highest BCUT2D eigenvalue weighted by molar-refractivity contribution is 7.99. The van der Waals surface area contributed by atoms with Crippen molar-refractivity contribution >= 4 is 23.6 Å². The number of nitrogens with zero attached hydrogens (tertiary/aromatic N) is 3. The molecule has 0 bridgehead atoms. The Morgan fingerprint density at radius 2 is 1.72 bits per heavy atom. The predicted molar refractivity (Wildman–Crippen MR) is 109 cm³/mol. The predicted octanol–water partition coefficient (Wildman–Crippen LogP) is 2.42. The molecular formula is C20H20FN5O2S. The van der Waals surface area contributed by atoms with Crippen LogP contribution in [0.5, 0.6) is 0 Å². The fourth-order valence-electron chi connectivity index (χ4n) is 2.61. The summed E-state index contributed by atoms with van der Waals surface area (Å²) < 4.78 is 16.1. The van der Waals surface area contributed by atoms with E-state index < -0.39 is 5.82 Å². The number of carbonyl (C=O) groups is 2. The highest BCUT2D eigenvalue weighted by Gasteiger charge is 2.19. The summed E-state index contributed by atoms with van der Waals surface area (Å²) in [6, 6.07) is 15.6. The van der Waals surface area contributed by atoms with Gasteiger partial charge in [0, 0.05) is 12.2 Å². The van der Waals surface area contributed by atoms with Crippen LogP contribution in [0.3, 0.4) is 0 Å². The Labute approximate surface area is 171 Å². The van der Waals surface area contributed by atoms with Crippen LogP contribution in [-0.4, -0.2) is 45.4 Å². The normalized spacial score (nSPS) is 10.6. The van der Waals surface area contributed by atoms with Gasteiger partial charge in [-0.2, -0.15) is 0 Å². The van der Waals surface area contributed by atoms with Crippen LogP contribution in [0.15, 0.2) is 59.8 Å². The average molecular weight is 413 g/mol. The van der Waals surface area contributed by atoms with Gasteiger partial charge in [0.05, 0.1) is 17.9 Å². The quantitative estimate of drug-likeness (QED) is 0.554. The van der Waals surface area contributed by atoms with Crippen molar-refractivity contribution in [3.05, 3.63) is 60.4 Å². The molecule has 0 aliphatic heterocycles. The summed E-state index contributed by atoms with van der Waals surface area (Å²) in [4.78, 5) is 23.5. The number of para-hydroxylation sites is 1. The molecule has 2 amide bonds. The van der Waals surface area contributed by atoms with E-state index >= 15 is 0 Å². The number of thioether (sulfide) groups is 1. The minimum Gasteiger partial charge on any atom is -0.355 e. The smallest absolute Gasteiger partial charge is 0.239 e. The number of likely N-dealkylation sites (N-methyl/N-ethyl adjacent to an activating group) is 1. The molecule has 0 spiro atoms. The molecule has 3 rings (SSSR count). The van der Waals surface area contributed by atoms with Gasteiger partial charge in [0.15, 0.2) is 11.0 Å². The molecule has 3 aromatic rings. The maximum Gasteiger partial charge on any atom is 0.239 e. The van der Waals surface area contributed by atoms with Crippen molar-refractivity contribution in [2.75, 3.05) is 18.8 Å². The van der Waals surface area contributed by atoms with Gasteiger partial charge in [-0.15, -0.1) is 10.2 Å². The molecule has 0 saturated heterocycles. The Kier molecular flexibility index (Phi) is 6.96. The summed E-state index contributed by atoms with van der Waals surface area (Å²) >= 11 is 1.16. The van der Waals surface area contributed by atoms with Crippen molar-refractivity contribution < 1.29 is 14.0 Å². The van der Waals surface area contributed by atoms with Crippen molar-refractivity contribution in [2.24, 2.45) is 0 Å². The molecule has 2 aromatic carbocycles. The van der Waals surface area contributed by atoms with Gasteiger partial charge in [0.1, 0.15) is 5.82 Å². The zero-order valence-electron chi connectivity index (χ0n) is 15.8. The molecule has 0 saturated carbocycles. The first-order valence-corrected chi connectivity index (χ1v) is 10.0. The first-order valence-electron chi connectivity index (χ1n) is 9.02. The van der Waals surface area contributed by atoms with Gasteiger partial charge >= 0.3 is 0 Å². The number of amides is 2. The van der Waals surface area contributed by atoms with Crippen molar-refractivity contribution in [2.45, 2.75) is 12.1 Å². The molecule has 1 aromatic heterocycles. The summed E-state index contributed by atoms with van der Waals surface area (Å²) in [5.41, 5.74) is 1.07. The van der Waals surface area contributed by atoms with Gasteiger partial charge in [-0.05, 0) is 31.2 Å². The largest absolute Gasteiger partial charge is 0.355 e. The Hall–Kier alpha value is -3.20. The average Bonchev–Trinajstić information content (AvgIpc) is 3.15. The molecule has 0 fully saturated rings. The maximum absolute atomic E-state index is 14.3. The van der Waals surface area contributed by atoms with E-state index in [4.69, 9.17) is 0 Å². The van der Waals surface area contributed by atoms with Crippen LogP contribution in [0.1, 0.15) is 6.92 Å². The first-order chi connectivity index (χ1) is 14.1. The topological polar surface area (TPSA) is 88.9 Å². The molecule has 7 nitrogen and oxygen atoms in total. The van der Waals surface area contributed by atoms with Crippen LogP contribution < -0.4 is 10.6 Å². The Morgan fingerprint density at radius 1 is 1.00 bits per heavy atom. The molecule has 0 atom stereocenters. The zero-order chi connectivity index (χ0) is 20.6. The van der Waals surface area contributed by atoms with E-state index in [9.17, 15) is 14.0 Å². The van der Waals surface area contributed by atoms with E-state index in [0.29, 0.717) is 23.1 Å². The second-order valence-electron chi connectivity index (χ2n) is 5.98. The molecule has 0 radical (unpaired) electrons. The van der Waals surface area contributed by atoms with Crippen molar-refractivity contribution in [3.63, 3.8) is 0 Å². The van der Waals surface area contributed by atoms with Crippen molar-refractivity contribution in [1.82, 2.24) is 25.4 Å². The zero-order valence-corrected chi connectivity index (χ0v) is 16.6. The number of carbonyl (C=O) groups excluding carboxylic acids is 2. The number of nitrogens with one attached hydrogen (secondary N) is 2. The van der Waals surface area contributed by atoms with Gasteiger partial charge in [-0.3, -0.25) is 14.2 Å². The summed E-state index contributed by atoms with van der Waals surface area (Å²) in [5.74, 6) is -0.578. The van der Waals surface area contributed by atoms with E-state index in [0.717, 1.165) is 17.4 Å². The second-order valence-corrected chi connectivity index (χ2v) is 6.92. The number of rotatable bonds is 8. The summed E-state index contributed by atoms with van der Waals surface area (Å²) in [5, 5.41) is 13.9. The number of halogens is 1. The summed E-state index contributed by atoms with van der Waals surface area (Å²) in [6.07, 6.45) is 0. The number of hydrogen-bond donors (Lipinski definition) is 2. The fraction of sp³-hybridized carbons (Fsp3) is 0.200. The first kappa shape index (κ1) is 20.5. The molecule has 0 aliphatic carbocycles. The lowest BCUT2D eigenvalue weighted by molar-refractivity contribution is -0.124. The monoisotopic (exact) mass is 413 g/mol. The molecule has 150 valence electrons. The molecule has 1 heterocycles. The van der Waals surface area contributed by atoms with Crippen LogP contribution >= 0.6 is 11.8 Å². The van der Waals surface area contributed by atoms with Gasteiger partial charge in [0.2, 0.25) is 11.8 Å². The Morgan fingerprint density at radius 3 is 2.45 bits per heavy atom. The van der Waals surface area contributed by atoms with Gasteiger partial charge < -0.3 is 10.6 Å². The minimum absolute atomic E-state index is 0.0433. The fourth-order valence-corrected chi connectivity index (χ4v) is 3.39. The number of aromatic nitrogens is 3. The Bertz CT molecular complexity index is 994. The third-order valence-corrected chi connectivity index (χ3v) is 4.84.